The van der Waals surface area contributed by atoms with Gasteiger partial charge in [-0.1, -0.05) is 6.07 Å². The molecule has 0 amide bonds. The van der Waals surface area contributed by atoms with Gasteiger partial charge in [0.15, 0.2) is 0 Å². The standard InChI is InChI=1S/C10H12N2O2/c1-14-8-2-3-9(10(12)6-13)7(4-8)5-11/h2-4,10,13H,6,12H2,1H3. The number of nitriles is 1. The zero-order valence-corrected chi connectivity index (χ0v) is 7.90. The number of nitrogens with two attached hydrogens (primary N) is 1. The van der Waals surface area contributed by atoms with Gasteiger partial charge < -0.3 is 15.6 Å². The fourth-order valence-corrected chi connectivity index (χ4v) is 1.18. The number of benzene rings is 1. The zero-order chi connectivity index (χ0) is 10.6. The van der Waals surface area contributed by atoms with Crippen LogP contribution in [-0.2, 0) is 0 Å². The van der Waals surface area contributed by atoms with Gasteiger partial charge in [0.25, 0.3) is 0 Å². The van der Waals surface area contributed by atoms with Crippen molar-refractivity contribution in [1.82, 2.24) is 0 Å². The first-order valence-electron chi connectivity index (χ1n) is 4.17. The molecule has 0 fully saturated rings. The quantitative estimate of drug-likeness (QED) is 0.733. The summed E-state index contributed by atoms with van der Waals surface area (Å²) in [6.45, 7) is -0.180. The second-order valence-electron chi connectivity index (χ2n) is 2.85. The van der Waals surface area contributed by atoms with Crippen molar-refractivity contribution in [1.29, 1.82) is 5.26 Å². The highest BCUT2D eigenvalue weighted by Gasteiger charge is 2.10. The number of nitrogens with zero attached hydrogens (tertiary/aromatic N) is 1. The molecule has 74 valence electrons. The number of hydrogen-bond donors (Lipinski definition) is 2. The molecular weight excluding hydrogens is 180 g/mol. The topological polar surface area (TPSA) is 79.3 Å². The molecule has 4 nitrogen and oxygen atoms in total. The lowest BCUT2D eigenvalue weighted by Crippen LogP contribution is -2.15. The van der Waals surface area contributed by atoms with Crippen molar-refractivity contribution in [2.24, 2.45) is 5.73 Å². The molecule has 0 spiro atoms. The van der Waals surface area contributed by atoms with E-state index in [4.69, 9.17) is 20.8 Å². The van der Waals surface area contributed by atoms with Crippen LogP contribution in [0.4, 0.5) is 0 Å². The summed E-state index contributed by atoms with van der Waals surface area (Å²) in [6.07, 6.45) is 0. The minimum atomic E-state index is -0.518. The minimum Gasteiger partial charge on any atom is -0.497 e. The van der Waals surface area contributed by atoms with Crippen LogP contribution in [0.3, 0.4) is 0 Å². The Hall–Kier alpha value is -1.57. The van der Waals surface area contributed by atoms with E-state index in [1.165, 1.54) is 7.11 Å². The molecule has 0 saturated carbocycles. The Morgan fingerprint density at radius 1 is 1.64 bits per heavy atom. The predicted molar refractivity (Wildman–Crippen MR) is 51.7 cm³/mol. The molecule has 0 aliphatic carbocycles. The Kier molecular flexibility index (Phi) is 3.46. The largest absolute Gasteiger partial charge is 0.497 e. The van der Waals surface area contributed by atoms with Crippen LogP contribution in [-0.4, -0.2) is 18.8 Å². The third-order valence-electron chi connectivity index (χ3n) is 1.98. The zero-order valence-electron chi connectivity index (χ0n) is 7.90. The van der Waals surface area contributed by atoms with E-state index in [0.29, 0.717) is 16.9 Å². The SMILES string of the molecule is COc1ccc(C(N)CO)c(C#N)c1. The summed E-state index contributed by atoms with van der Waals surface area (Å²) in [5.41, 5.74) is 6.69. The van der Waals surface area contributed by atoms with Gasteiger partial charge in [-0.25, -0.2) is 0 Å². The van der Waals surface area contributed by atoms with Crippen LogP contribution in [0.15, 0.2) is 18.2 Å². The van der Waals surface area contributed by atoms with Crippen LogP contribution >= 0.6 is 0 Å². The maximum atomic E-state index is 8.87. The van der Waals surface area contributed by atoms with Gasteiger partial charge in [0.1, 0.15) is 5.75 Å². The average molecular weight is 192 g/mol. The number of aliphatic hydroxyl groups is 1. The van der Waals surface area contributed by atoms with E-state index in [0.717, 1.165) is 0 Å². The lowest BCUT2D eigenvalue weighted by atomic mass is 10.0. The smallest absolute Gasteiger partial charge is 0.120 e. The highest BCUT2D eigenvalue weighted by atomic mass is 16.5. The van der Waals surface area contributed by atoms with Crippen molar-refractivity contribution >= 4 is 0 Å². The van der Waals surface area contributed by atoms with Crippen LogP contribution in [0.2, 0.25) is 0 Å². The first-order chi connectivity index (χ1) is 6.72. The Labute approximate surface area is 82.5 Å². The average Bonchev–Trinajstić information content (AvgIpc) is 2.27. The molecular formula is C10H12N2O2. The lowest BCUT2D eigenvalue weighted by molar-refractivity contribution is 0.267. The predicted octanol–water partition coefficient (Wildman–Crippen LogP) is 0.559. The molecule has 0 saturated heterocycles. The summed E-state index contributed by atoms with van der Waals surface area (Å²) in [5, 5.41) is 17.7. The van der Waals surface area contributed by atoms with Crippen molar-refractivity contribution in [3.05, 3.63) is 29.3 Å². The molecule has 1 rings (SSSR count). The summed E-state index contributed by atoms with van der Waals surface area (Å²) in [7, 11) is 1.53. The van der Waals surface area contributed by atoms with Crippen LogP contribution in [0, 0.1) is 11.3 Å². The first-order valence-corrected chi connectivity index (χ1v) is 4.17. The molecule has 1 aromatic rings. The summed E-state index contributed by atoms with van der Waals surface area (Å²) >= 11 is 0. The summed E-state index contributed by atoms with van der Waals surface area (Å²) in [5.74, 6) is 0.607. The molecule has 4 heteroatoms. The van der Waals surface area contributed by atoms with Crippen molar-refractivity contribution in [2.75, 3.05) is 13.7 Å². The monoisotopic (exact) mass is 192 g/mol. The molecule has 14 heavy (non-hydrogen) atoms. The van der Waals surface area contributed by atoms with Crippen molar-refractivity contribution in [3.8, 4) is 11.8 Å². The molecule has 0 aliphatic heterocycles. The lowest BCUT2D eigenvalue weighted by Gasteiger charge is -2.11. The van der Waals surface area contributed by atoms with Gasteiger partial charge >= 0.3 is 0 Å². The van der Waals surface area contributed by atoms with Crippen LogP contribution in [0.25, 0.3) is 0 Å². The van der Waals surface area contributed by atoms with Crippen molar-refractivity contribution in [2.45, 2.75) is 6.04 Å². The second-order valence-corrected chi connectivity index (χ2v) is 2.85. The van der Waals surface area contributed by atoms with Crippen LogP contribution in [0.1, 0.15) is 17.2 Å². The molecule has 1 atom stereocenters. The maximum absolute atomic E-state index is 8.87. The van der Waals surface area contributed by atoms with Crippen molar-refractivity contribution in [3.63, 3.8) is 0 Å². The van der Waals surface area contributed by atoms with Crippen LogP contribution < -0.4 is 10.5 Å². The van der Waals surface area contributed by atoms with E-state index in [1.807, 2.05) is 6.07 Å². The van der Waals surface area contributed by atoms with Gasteiger partial charge in [-0.05, 0) is 17.7 Å². The molecule has 1 unspecified atom stereocenters. The number of methoxy groups -OCH3 is 1. The number of ether oxygens (including phenoxy) is 1. The third kappa shape index (κ3) is 2.02. The third-order valence-corrected chi connectivity index (χ3v) is 1.98. The Morgan fingerprint density at radius 3 is 2.86 bits per heavy atom. The Morgan fingerprint density at radius 2 is 2.36 bits per heavy atom. The molecule has 0 aliphatic rings. The van der Waals surface area contributed by atoms with Gasteiger partial charge in [0, 0.05) is 0 Å². The summed E-state index contributed by atoms with van der Waals surface area (Å²) in [6, 6.07) is 6.51. The molecule has 0 bridgehead atoms. The molecule has 3 N–H and O–H groups in total. The molecule has 0 aromatic heterocycles. The van der Waals surface area contributed by atoms with Gasteiger partial charge in [-0.2, -0.15) is 5.26 Å². The first kappa shape index (κ1) is 10.5. The number of rotatable bonds is 3. The van der Waals surface area contributed by atoms with E-state index >= 15 is 0 Å². The van der Waals surface area contributed by atoms with E-state index in [1.54, 1.807) is 18.2 Å². The normalized spacial score (nSPS) is 11.9. The van der Waals surface area contributed by atoms with Gasteiger partial charge in [0.2, 0.25) is 0 Å². The van der Waals surface area contributed by atoms with Gasteiger partial charge in [0.05, 0.1) is 31.4 Å². The van der Waals surface area contributed by atoms with Crippen molar-refractivity contribution < 1.29 is 9.84 Å². The van der Waals surface area contributed by atoms with Crippen LogP contribution in [0.5, 0.6) is 5.75 Å². The molecule has 1 aromatic carbocycles. The Balaban J connectivity index is 3.13. The second kappa shape index (κ2) is 4.61. The number of aliphatic hydroxyl groups excluding tert-OH is 1. The highest BCUT2D eigenvalue weighted by molar-refractivity contribution is 5.44. The van der Waals surface area contributed by atoms with Gasteiger partial charge in [-0.15, -0.1) is 0 Å². The fourth-order valence-electron chi connectivity index (χ4n) is 1.18. The minimum absolute atomic E-state index is 0.180. The maximum Gasteiger partial charge on any atom is 0.120 e. The summed E-state index contributed by atoms with van der Waals surface area (Å²) < 4.78 is 4.97. The molecule has 0 radical (unpaired) electrons. The highest BCUT2D eigenvalue weighted by Crippen LogP contribution is 2.20. The van der Waals surface area contributed by atoms with E-state index < -0.39 is 6.04 Å². The summed E-state index contributed by atoms with van der Waals surface area (Å²) in [4.78, 5) is 0. The fraction of sp³-hybridized carbons (Fsp3) is 0.300. The Bertz CT molecular complexity index is 358. The number of hydrogen-bond acceptors (Lipinski definition) is 4. The van der Waals surface area contributed by atoms with E-state index in [9.17, 15) is 0 Å². The van der Waals surface area contributed by atoms with E-state index in [-0.39, 0.29) is 6.61 Å². The van der Waals surface area contributed by atoms with E-state index in [2.05, 4.69) is 0 Å². The molecule has 0 heterocycles. The van der Waals surface area contributed by atoms with Gasteiger partial charge in [-0.3, -0.25) is 0 Å².